The Kier molecular flexibility index (Phi) is 4.71. The Balaban J connectivity index is 1.79. The first-order valence-corrected chi connectivity index (χ1v) is 9.38. The van der Waals surface area contributed by atoms with Crippen molar-refractivity contribution in [2.24, 2.45) is 0 Å². The third-order valence-electron chi connectivity index (χ3n) is 3.51. The topological polar surface area (TPSA) is 54.9 Å². The highest BCUT2D eigenvalue weighted by Gasteiger charge is 2.21. The second-order valence-electron chi connectivity index (χ2n) is 6.66. The molecule has 0 radical (unpaired) electrons. The van der Waals surface area contributed by atoms with Crippen LogP contribution in [-0.2, 0) is 5.41 Å². The van der Waals surface area contributed by atoms with E-state index in [2.05, 4.69) is 36.1 Å². The molecular formula is C18H18FN3OS2. The smallest absolute Gasteiger partial charge is 0.269 e. The zero-order valence-electron chi connectivity index (χ0n) is 14.4. The number of carbonyl (C=O) groups is 1. The number of hydrogen-bond donors (Lipinski definition) is 1. The van der Waals surface area contributed by atoms with Crippen LogP contribution in [0.5, 0.6) is 0 Å². The number of thiazole rings is 2. The van der Waals surface area contributed by atoms with Crippen molar-refractivity contribution in [3.63, 3.8) is 0 Å². The van der Waals surface area contributed by atoms with E-state index in [-0.39, 0.29) is 17.1 Å². The molecule has 0 atom stereocenters. The zero-order chi connectivity index (χ0) is 18.2. The molecule has 0 unspecified atom stereocenters. The van der Waals surface area contributed by atoms with Gasteiger partial charge in [0.05, 0.1) is 16.9 Å². The fraction of sp³-hybridized carbons (Fsp3) is 0.278. The summed E-state index contributed by atoms with van der Waals surface area (Å²) >= 11 is 2.78. The number of aromatic nitrogens is 2. The Hall–Kier alpha value is -2.12. The molecule has 2 aromatic heterocycles. The summed E-state index contributed by atoms with van der Waals surface area (Å²) in [5, 5.41) is 4.27. The van der Waals surface area contributed by atoms with Gasteiger partial charge in [0.1, 0.15) is 10.7 Å². The van der Waals surface area contributed by atoms with E-state index in [4.69, 9.17) is 0 Å². The molecule has 25 heavy (non-hydrogen) atoms. The van der Waals surface area contributed by atoms with Crippen molar-refractivity contribution in [1.29, 1.82) is 0 Å². The molecule has 0 bridgehead atoms. The fourth-order valence-electron chi connectivity index (χ4n) is 2.21. The lowest BCUT2D eigenvalue weighted by atomic mass is 9.98. The molecule has 2 heterocycles. The maximum Gasteiger partial charge on any atom is 0.269 e. The van der Waals surface area contributed by atoms with Crippen molar-refractivity contribution < 1.29 is 9.18 Å². The Morgan fingerprint density at radius 2 is 1.84 bits per heavy atom. The van der Waals surface area contributed by atoms with Gasteiger partial charge in [0.25, 0.3) is 5.91 Å². The average molecular weight is 375 g/mol. The maximum atomic E-state index is 13.1. The van der Waals surface area contributed by atoms with Crippen LogP contribution in [0.4, 0.5) is 9.52 Å². The van der Waals surface area contributed by atoms with E-state index in [1.807, 2.05) is 6.92 Å². The van der Waals surface area contributed by atoms with Crippen LogP contribution in [0.1, 0.15) is 40.3 Å². The molecule has 1 amide bonds. The van der Waals surface area contributed by atoms with E-state index in [9.17, 15) is 9.18 Å². The third kappa shape index (κ3) is 3.93. The summed E-state index contributed by atoms with van der Waals surface area (Å²) in [6.07, 6.45) is 1.60. The van der Waals surface area contributed by atoms with Gasteiger partial charge in [-0.25, -0.2) is 14.4 Å². The van der Waals surface area contributed by atoms with E-state index in [1.165, 1.54) is 34.8 Å². The summed E-state index contributed by atoms with van der Waals surface area (Å²) in [5.74, 6) is -0.502. The van der Waals surface area contributed by atoms with Crippen molar-refractivity contribution in [2.45, 2.75) is 33.1 Å². The molecule has 0 fully saturated rings. The summed E-state index contributed by atoms with van der Waals surface area (Å²) in [4.78, 5) is 22.8. The van der Waals surface area contributed by atoms with Crippen molar-refractivity contribution in [1.82, 2.24) is 9.97 Å². The van der Waals surface area contributed by atoms with Crippen LogP contribution in [0.15, 0.2) is 30.5 Å². The summed E-state index contributed by atoms with van der Waals surface area (Å²) in [7, 11) is 0. The number of carbonyl (C=O) groups excluding carboxylic acids is 1. The molecule has 0 aliphatic carbocycles. The molecule has 130 valence electrons. The van der Waals surface area contributed by atoms with Crippen LogP contribution in [-0.4, -0.2) is 15.9 Å². The third-order valence-corrected chi connectivity index (χ3v) is 5.81. The number of benzene rings is 1. The van der Waals surface area contributed by atoms with Crippen molar-refractivity contribution in [2.75, 3.05) is 5.32 Å². The summed E-state index contributed by atoms with van der Waals surface area (Å²) in [6.45, 7) is 8.11. The highest BCUT2D eigenvalue weighted by Crippen LogP contribution is 2.31. The minimum absolute atomic E-state index is 0.0866. The number of anilines is 1. The first-order valence-electron chi connectivity index (χ1n) is 7.75. The Bertz CT molecular complexity index is 907. The lowest BCUT2D eigenvalue weighted by molar-refractivity contribution is 0.103. The molecule has 3 rings (SSSR count). The van der Waals surface area contributed by atoms with Gasteiger partial charge >= 0.3 is 0 Å². The van der Waals surface area contributed by atoms with Gasteiger partial charge in [-0.05, 0) is 31.2 Å². The Labute approximate surface area is 153 Å². The Morgan fingerprint density at radius 3 is 2.44 bits per heavy atom. The number of hydrogen-bond acceptors (Lipinski definition) is 5. The number of aryl methyl sites for hydroxylation is 1. The fourth-order valence-corrected chi connectivity index (χ4v) is 3.91. The first-order chi connectivity index (χ1) is 11.7. The van der Waals surface area contributed by atoms with Gasteiger partial charge in [0, 0.05) is 15.9 Å². The average Bonchev–Trinajstić information content (AvgIpc) is 3.15. The standard InChI is InChI=1S/C18H18FN3OS2/c1-10-14(11-5-7-12(19)8-6-11)21-17(24-10)22-15(23)13-9-20-16(25-13)18(2,3)4/h5-9H,1-4H3,(H,21,22,23). The van der Waals surface area contributed by atoms with Gasteiger partial charge in [-0.15, -0.1) is 22.7 Å². The number of rotatable bonds is 3. The molecule has 4 nitrogen and oxygen atoms in total. The largest absolute Gasteiger partial charge is 0.297 e. The van der Waals surface area contributed by atoms with Crippen LogP contribution in [0.25, 0.3) is 11.3 Å². The van der Waals surface area contributed by atoms with Crippen LogP contribution >= 0.6 is 22.7 Å². The van der Waals surface area contributed by atoms with E-state index >= 15 is 0 Å². The molecule has 1 N–H and O–H groups in total. The molecule has 0 saturated carbocycles. The number of amides is 1. The monoisotopic (exact) mass is 375 g/mol. The zero-order valence-corrected chi connectivity index (χ0v) is 16.0. The van der Waals surface area contributed by atoms with E-state index < -0.39 is 0 Å². The van der Waals surface area contributed by atoms with Gasteiger partial charge < -0.3 is 0 Å². The highest BCUT2D eigenvalue weighted by atomic mass is 32.1. The van der Waals surface area contributed by atoms with E-state index in [0.29, 0.717) is 10.0 Å². The molecule has 0 aliphatic rings. The molecule has 0 aliphatic heterocycles. The number of nitrogens with one attached hydrogen (secondary N) is 1. The number of nitrogens with zero attached hydrogens (tertiary/aromatic N) is 2. The normalized spacial score (nSPS) is 11.6. The number of halogens is 1. The van der Waals surface area contributed by atoms with Crippen molar-refractivity contribution in [3.05, 3.63) is 51.0 Å². The van der Waals surface area contributed by atoms with Gasteiger partial charge in [0.2, 0.25) is 0 Å². The first kappa shape index (κ1) is 17.7. The van der Waals surface area contributed by atoms with Crippen LogP contribution in [0.3, 0.4) is 0 Å². The van der Waals surface area contributed by atoms with Gasteiger partial charge in [0.15, 0.2) is 5.13 Å². The minimum atomic E-state index is -0.287. The second-order valence-corrected chi connectivity index (χ2v) is 8.90. The Morgan fingerprint density at radius 1 is 1.16 bits per heavy atom. The summed E-state index contributed by atoms with van der Waals surface area (Å²) < 4.78 is 13.1. The molecule has 0 spiro atoms. The van der Waals surface area contributed by atoms with Crippen molar-refractivity contribution in [3.8, 4) is 11.3 Å². The van der Waals surface area contributed by atoms with E-state index in [1.54, 1.807) is 18.3 Å². The SMILES string of the molecule is Cc1sc(NC(=O)c2cnc(C(C)(C)C)s2)nc1-c1ccc(F)cc1. The van der Waals surface area contributed by atoms with Gasteiger partial charge in [-0.3, -0.25) is 10.1 Å². The van der Waals surface area contributed by atoms with Crippen LogP contribution in [0, 0.1) is 12.7 Å². The molecule has 7 heteroatoms. The quantitative estimate of drug-likeness (QED) is 0.679. The molecular weight excluding hydrogens is 357 g/mol. The summed E-state index contributed by atoms with van der Waals surface area (Å²) in [6, 6.07) is 6.17. The van der Waals surface area contributed by atoms with Crippen LogP contribution < -0.4 is 5.32 Å². The lowest BCUT2D eigenvalue weighted by Crippen LogP contribution is -2.10. The molecule has 3 aromatic rings. The predicted octanol–water partition coefficient (Wildman–Crippen LogP) is 5.26. The minimum Gasteiger partial charge on any atom is -0.297 e. The molecule has 0 saturated heterocycles. The maximum absolute atomic E-state index is 13.1. The highest BCUT2D eigenvalue weighted by molar-refractivity contribution is 7.16. The van der Waals surface area contributed by atoms with E-state index in [0.717, 1.165) is 21.1 Å². The predicted molar refractivity (Wildman–Crippen MR) is 101 cm³/mol. The summed E-state index contributed by atoms with van der Waals surface area (Å²) in [5.41, 5.74) is 1.49. The second kappa shape index (κ2) is 6.65. The van der Waals surface area contributed by atoms with Gasteiger partial charge in [-0.1, -0.05) is 20.8 Å². The van der Waals surface area contributed by atoms with Gasteiger partial charge in [-0.2, -0.15) is 0 Å². The van der Waals surface area contributed by atoms with Crippen LogP contribution in [0.2, 0.25) is 0 Å². The molecule has 1 aromatic carbocycles. The lowest BCUT2D eigenvalue weighted by Gasteiger charge is -2.13. The van der Waals surface area contributed by atoms with Crippen molar-refractivity contribution >= 4 is 33.7 Å².